The first-order valence-corrected chi connectivity index (χ1v) is 5.70. The molecule has 2 rings (SSSR count). The zero-order chi connectivity index (χ0) is 11.4. The SMILES string of the molecule is O=CCCCc1ccc2c(n1)N(O)CCC2. The molecule has 1 aliphatic heterocycles. The van der Waals surface area contributed by atoms with Crippen molar-refractivity contribution in [2.45, 2.75) is 32.1 Å². The first kappa shape index (κ1) is 11.1. The highest BCUT2D eigenvalue weighted by molar-refractivity contribution is 5.49. The van der Waals surface area contributed by atoms with Gasteiger partial charge in [0, 0.05) is 18.7 Å². The van der Waals surface area contributed by atoms with Crippen molar-refractivity contribution >= 4 is 12.1 Å². The second-order valence-electron chi connectivity index (χ2n) is 4.07. The number of carbonyl (C=O) groups excluding carboxylic acids is 1. The molecule has 0 fully saturated rings. The van der Waals surface area contributed by atoms with Crippen LogP contribution >= 0.6 is 0 Å². The number of hydrogen-bond acceptors (Lipinski definition) is 4. The smallest absolute Gasteiger partial charge is 0.155 e. The molecular formula is C12H16N2O2. The van der Waals surface area contributed by atoms with Crippen molar-refractivity contribution in [1.29, 1.82) is 0 Å². The Bertz CT molecular complexity index is 379. The maximum absolute atomic E-state index is 10.2. The summed E-state index contributed by atoms with van der Waals surface area (Å²) in [7, 11) is 0. The van der Waals surface area contributed by atoms with Crippen molar-refractivity contribution in [2.24, 2.45) is 0 Å². The van der Waals surface area contributed by atoms with E-state index in [4.69, 9.17) is 0 Å². The highest BCUT2D eigenvalue weighted by atomic mass is 16.5. The van der Waals surface area contributed by atoms with Gasteiger partial charge >= 0.3 is 0 Å². The number of carbonyl (C=O) groups is 1. The quantitative estimate of drug-likeness (QED) is 0.620. The fraction of sp³-hybridized carbons (Fsp3) is 0.500. The zero-order valence-corrected chi connectivity index (χ0v) is 9.22. The number of unbranched alkanes of at least 4 members (excludes halogenated alkanes) is 1. The van der Waals surface area contributed by atoms with Crippen molar-refractivity contribution in [3.05, 3.63) is 23.4 Å². The molecule has 1 aliphatic rings. The first-order valence-electron chi connectivity index (χ1n) is 5.70. The average Bonchev–Trinajstić information content (AvgIpc) is 2.30. The normalized spacial score (nSPS) is 14.7. The number of aryl methyl sites for hydroxylation is 2. The Morgan fingerprint density at radius 1 is 1.50 bits per heavy atom. The van der Waals surface area contributed by atoms with Crippen LogP contribution in [0, 0.1) is 0 Å². The number of hydroxylamine groups is 1. The van der Waals surface area contributed by atoms with Gasteiger partial charge in [-0.2, -0.15) is 0 Å². The van der Waals surface area contributed by atoms with Crippen molar-refractivity contribution < 1.29 is 10.0 Å². The molecule has 0 atom stereocenters. The van der Waals surface area contributed by atoms with Gasteiger partial charge in [-0.25, -0.2) is 10.0 Å². The number of fused-ring (bicyclic) bond motifs is 1. The van der Waals surface area contributed by atoms with Crippen molar-refractivity contribution in [3.63, 3.8) is 0 Å². The maximum atomic E-state index is 10.2. The molecular weight excluding hydrogens is 204 g/mol. The van der Waals surface area contributed by atoms with Gasteiger partial charge in [0.25, 0.3) is 0 Å². The van der Waals surface area contributed by atoms with Gasteiger partial charge < -0.3 is 4.79 Å². The van der Waals surface area contributed by atoms with Crippen LogP contribution in [0.3, 0.4) is 0 Å². The van der Waals surface area contributed by atoms with Crippen molar-refractivity contribution in [1.82, 2.24) is 4.98 Å². The largest absolute Gasteiger partial charge is 0.303 e. The predicted molar refractivity (Wildman–Crippen MR) is 60.7 cm³/mol. The van der Waals surface area contributed by atoms with Crippen LogP contribution in [0.25, 0.3) is 0 Å². The lowest BCUT2D eigenvalue weighted by molar-refractivity contribution is -0.107. The minimum atomic E-state index is 0.571. The van der Waals surface area contributed by atoms with E-state index in [9.17, 15) is 10.0 Å². The van der Waals surface area contributed by atoms with Crippen LogP contribution in [0.15, 0.2) is 12.1 Å². The molecule has 0 unspecified atom stereocenters. The zero-order valence-electron chi connectivity index (χ0n) is 9.22. The lowest BCUT2D eigenvalue weighted by Gasteiger charge is -2.24. The number of anilines is 1. The minimum absolute atomic E-state index is 0.571. The second kappa shape index (κ2) is 5.07. The van der Waals surface area contributed by atoms with E-state index in [1.807, 2.05) is 12.1 Å². The van der Waals surface area contributed by atoms with E-state index in [0.717, 1.165) is 43.2 Å². The Kier molecular flexibility index (Phi) is 3.51. The predicted octanol–water partition coefficient (Wildman–Crippen LogP) is 1.75. The molecule has 4 nitrogen and oxygen atoms in total. The fourth-order valence-corrected chi connectivity index (χ4v) is 1.97. The molecule has 1 N–H and O–H groups in total. The Morgan fingerprint density at radius 3 is 3.19 bits per heavy atom. The summed E-state index contributed by atoms with van der Waals surface area (Å²) in [5.74, 6) is 0.690. The minimum Gasteiger partial charge on any atom is -0.303 e. The molecule has 0 bridgehead atoms. The van der Waals surface area contributed by atoms with E-state index in [2.05, 4.69) is 4.98 Å². The van der Waals surface area contributed by atoms with Crippen LogP contribution < -0.4 is 5.06 Å². The van der Waals surface area contributed by atoms with Crippen LogP contribution in [0.5, 0.6) is 0 Å². The first-order chi connectivity index (χ1) is 7.81. The van der Waals surface area contributed by atoms with E-state index in [-0.39, 0.29) is 0 Å². The molecule has 16 heavy (non-hydrogen) atoms. The highest BCUT2D eigenvalue weighted by Crippen LogP contribution is 2.23. The van der Waals surface area contributed by atoms with Gasteiger partial charge in [0.1, 0.15) is 6.29 Å². The summed E-state index contributed by atoms with van der Waals surface area (Å²) < 4.78 is 0. The summed E-state index contributed by atoms with van der Waals surface area (Å²) in [6.07, 6.45) is 5.06. The van der Waals surface area contributed by atoms with Crippen LogP contribution in [-0.2, 0) is 17.6 Å². The van der Waals surface area contributed by atoms with E-state index in [0.29, 0.717) is 18.8 Å². The molecule has 2 heterocycles. The standard InChI is InChI=1S/C12H16N2O2/c15-9-2-1-5-11-7-6-10-4-3-8-14(16)12(10)13-11/h6-7,9,16H,1-5,8H2. The molecule has 86 valence electrons. The molecule has 0 saturated heterocycles. The number of nitrogens with zero attached hydrogens (tertiary/aromatic N) is 2. The number of hydrogen-bond donors (Lipinski definition) is 1. The van der Waals surface area contributed by atoms with Gasteiger partial charge in [0.05, 0.1) is 0 Å². The summed E-state index contributed by atoms with van der Waals surface area (Å²) >= 11 is 0. The highest BCUT2D eigenvalue weighted by Gasteiger charge is 2.16. The third-order valence-electron chi connectivity index (χ3n) is 2.83. The number of pyridine rings is 1. The van der Waals surface area contributed by atoms with E-state index >= 15 is 0 Å². The molecule has 0 spiro atoms. The third kappa shape index (κ3) is 2.39. The number of rotatable bonds is 4. The fourth-order valence-electron chi connectivity index (χ4n) is 1.97. The molecule has 0 amide bonds. The Hall–Kier alpha value is -1.42. The molecule has 4 heteroatoms. The van der Waals surface area contributed by atoms with Gasteiger partial charge in [0.2, 0.25) is 0 Å². The lowest BCUT2D eigenvalue weighted by Crippen LogP contribution is -2.26. The summed E-state index contributed by atoms with van der Waals surface area (Å²) in [6.45, 7) is 0.651. The van der Waals surface area contributed by atoms with Gasteiger partial charge in [-0.15, -0.1) is 0 Å². The van der Waals surface area contributed by atoms with Crippen LogP contribution in [0.4, 0.5) is 5.82 Å². The van der Waals surface area contributed by atoms with Gasteiger partial charge in [-0.1, -0.05) is 6.07 Å². The maximum Gasteiger partial charge on any atom is 0.155 e. The summed E-state index contributed by atoms with van der Waals surface area (Å²) in [4.78, 5) is 14.6. The van der Waals surface area contributed by atoms with Gasteiger partial charge in [-0.05, 0) is 37.3 Å². The molecule has 1 aromatic heterocycles. The summed E-state index contributed by atoms with van der Waals surface area (Å²) in [5.41, 5.74) is 2.05. The van der Waals surface area contributed by atoms with Crippen molar-refractivity contribution in [3.8, 4) is 0 Å². The summed E-state index contributed by atoms with van der Waals surface area (Å²) in [5, 5.41) is 10.9. The Labute approximate surface area is 94.9 Å². The Morgan fingerprint density at radius 2 is 2.38 bits per heavy atom. The molecule has 0 radical (unpaired) electrons. The van der Waals surface area contributed by atoms with E-state index in [1.54, 1.807) is 0 Å². The monoisotopic (exact) mass is 220 g/mol. The molecule has 0 aromatic carbocycles. The van der Waals surface area contributed by atoms with Crippen LogP contribution in [-0.4, -0.2) is 23.0 Å². The topological polar surface area (TPSA) is 53.4 Å². The molecule has 1 aromatic rings. The van der Waals surface area contributed by atoms with E-state index < -0.39 is 0 Å². The second-order valence-corrected chi connectivity index (χ2v) is 4.07. The summed E-state index contributed by atoms with van der Waals surface area (Å²) in [6, 6.07) is 4.02. The third-order valence-corrected chi connectivity index (χ3v) is 2.83. The number of aromatic nitrogens is 1. The number of aldehydes is 1. The average molecular weight is 220 g/mol. The van der Waals surface area contributed by atoms with Crippen LogP contribution in [0.2, 0.25) is 0 Å². The van der Waals surface area contributed by atoms with Crippen LogP contribution in [0.1, 0.15) is 30.5 Å². The van der Waals surface area contributed by atoms with E-state index in [1.165, 1.54) is 5.06 Å². The lowest BCUT2D eigenvalue weighted by atomic mass is 10.1. The molecule has 0 saturated carbocycles. The van der Waals surface area contributed by atoms with Gasteiger partial charge in [-0.3, -0.25) is 5.21 Å². The molecule has 0 aliphatic carbocycles. The Balaban J connectivity index is 2.11. The van der Waals surface area contributed by atoms with Gasteiger partial charge in [0.15, 0.2) is 5.82 Å². The van der Waals surface area contributed by atoms with Crippen molar-refractivity contribution in [2.75, 3.05) is 11.6 Å².